The van der Waals surface area contributed by atoms with Crippen LogP contribution >= 0.6 is 0 Å². The average molecular weight is 324 g/mol. The van der Waals surface area contributed by atoms with E-state index in [0.717, 1.165) is 5.06 Å². The Balaban J connectivity index is 2.36. The van der Waals surface area contributed by atoms with E-state index in [-0.39, 0.29) is 12.1 Å². The second kappa shape index (κ2) is 6.71. The van der Waals surface area contributed by atoms with Crippen LogP contribution in [0.15, 0.2) is 24.3 Å². The molecule has 0 unspecified atom stereocenters. The fourth-order valence-corrected chi connectivity index (χ4v) is 2.75. The molecule has 124 valence electrons. The number of nitro groups is 1. The van der Waals surface area contributed by atoms with E-state index in [9.17, 15) is 24.9 Å². The quantitative estimate of drug-likeness (QED) is 0.496. The Labute approximate surface area is 131 Å². The molecule has 3 atom stereocenters. The molecule has 0 aliphatic carbocycles. The Hall–Kier alpha value is -2.52. The molecule has 9 nitrogen and oxygen atoms in total. The monoisotopic (exact) mass is 324 g/mol. The third-order valence-corrected chi connectivity index (χ3v) is 3.89. The lowest BCUT2D eigenvalue weighted by Crippen LogP contribution is -2.36. The van der Waals surface area contributed by atoms with Crippen LogP contribution in [-0.4, -0.2) is 47.4 Å². The zero-order valence-electron chi connectivity index (χ0n) is 12.5. The van der Waals surface area contributed by atoms with Crippen molar-refractivity contribution in [3.05, 3.63) is 39.9 Å². The SMILES string of the molecule is COC(=O)[C@H]1C[C@@H](C(=O)OC)N(O)[C@@H]1c1ccc([N+](=O)[O-])cc1. The molecule has 9 heteroatoms. The van der Waals surface area contributed by atoms with Gasteiger partial charge in [0.15, 0.2) is 0 Å². The van der Waals surface area contributed by atoms with E-state index in [4.69, 9.17) is 4.74 Å². The minimum absolute atomic E-state index is 0.0253. The highest BCUT2D eigenvalue weighted by atomic mass is 16.6. The second-order valence-corrected chi connectivity index (χ2v) is 5.08. The summed E-state index contributed by atoms with van der Waals surface area (Å²) in [6.45, 7) is 0. The van der Waals surface area contributed by atoms with Gasteiger partial charge >= 0.3 is 11.9 Å². The molecular weight excluding hydrogens is 308 g/mol. The molecule has 1 heterocycles. The van der Waals surface area contributed by atoms with Crippen LogP contribution in [0, 0.1) is 16.0 Å². The van der Waals surface area contributed by atoms with E-state index in [1.165, 1.54) is 38.5 Å². The van der Waals surface area contributed by atoms with Crippen LogP contribution in [0.1, 0.15) is 18.0 Å². The number of benzene rings is 1. The summed E-state index contributed by atoms with van der Waals surface area (Å²) < 4.78 is 9.34. The minimum atomic E-state index is -1.01. The standard InChI is InChI=1S/C14H16N2O7/c1-22-13(17)10-7-11(14(18)23-2)15(19)12(10)8-3-5-9(6-4-8)16(20)21/h3-6,10-12,19H,7H2,1-2H3/t10-,11-,12+/m0/s1. The number of rotatable bonds is 4. The summed E-state index contributed by atoms with van der Waals surface area (Å²) >= 11 is 0. The number of non-ortho nitro benzene ring substituents is 1. The number of carbonyl (C=O) groups excluding carboxylic acids is 2. The molecule has 0 radical (unpaired) electrons. The predicted octanol–water partition coefficient (Wildman–Crippen LogP) is 1.06. The number of esters is 2. The van der Waals surface area contributed by atoms with E-state index < -0.39 is 34.9 Å². The largest absolute Gasteiger partial charge is 0.469 e. The maximum absolute atomic E-state index is 12.0. The van der Waals surface area contributed by atoms with Crippen LogP contribution in [-0.2, 0) is 19.1 Å². The molecular formula is C14H16N2O7. The topological polar surface area (TPSA) is 119 Å². The number of nitro benzene ring substituents is 1. The number of hydrogen-bond acceptors (Lipinski definition) is 8. The fraction of sp³-hybridized carbons (Fsp3) is 0.429. The molecule has 1 aliphatic rings. The Bertz CT molecular complexity index is 616. The maximum Gasteiger partial charge on any atom is 0.325 e. The van der Waals surface area contributed by atoms with Crippen molar-refractivity contribution < 1.29 is 29.2 Å². The lowest BCUT2D eigenvalue weighted by molar-refractivity contribution is -0.384. The van der Waals surface area contributed by atoms with Crippen molar-refractivity contribution in [1.82, 2.24) is 5.06 Å². The van der Waals surface area contributed by atoms with Crippen molar-refractivity contribution >= 4 is 17.6 Å². The zero-order chi connectivity index (χ0) is 17.1. The van der Waals surface area contributed by atoms with Gasteiger partial charge in [0.25, 0.3) is 5.69 Å². The average Bonchev–Trinajstić information content (AvgIpc) is 2.90. The number of carbonyl (C=O) groups is 2. The van der Waals surface area contributed by atoms with Crippen molar-refractivity contribution in [1.29, 1.82) is 0 Å². The van der Waals surface area contributed by atoms with Crippen molar-refractivity contribution in [3.8, 4) is 0 Å². The first kappa shape index (κ1) is 16.8. The van der Waals surface area contributed by atoms with E-state index in [1.807, 2.05) is 0 Å². The van der Waals surface area contributed by atoms with Crippen LogP contribution in [0.5, 0.6) is 0 Å². The van der Waals surface area contributed by atoms with Gasteiger partial charge in [-0.3, -0.25) is 19.7 Å². The van der Waals surface area contributed by atoms with E-state index >= 15 is 0 Å². The number of hydrogen-bond donors (Lipinski definition) is 1. The minimum Gasteiger partial charge on any atom is -0.469 e. The van der Waals surface area contributed by atoms with E-state index in [1.54, 1.807) is 0 Å². The van der Waals surface area contributed by atoms with Gasteiger partial charge in [-0.15, -0.1) is 0 Å². The van der Waals surface area contributed by atoms with Gasteiger partial charge in [-0.25, -0.2) is 0 Å². The molecule has 1 aromatic carbocycles. The van der Waals surface area contributed by atoms with Gasteiger partial charge in [-0.2, -0.15) is 5.06 Å². The van der Waals surface area contributed by atoms with Gasteiger partial charge in [0.1, 0.15) is 6.04 Å². The summed E-state index contributed by atoms with van der Waals surface area (Å²) in [6.07, 6.45) is 0.0253. The Kier molecular flexibility index (Phi) is 4.92. The molecule has 1 saturated heterocycles. The van der Waals surface area contributed by atoms with Crippen LogP contribution in [0.3, 0.4) is 0 Å². The lowest BCUT2D eigenvalue weighted by Gasteiger charge is -2.24. The Morgan fingerprint density at radius 3 is 2.26 bits per heavy atom. The van der Waals surface area contributed by atoms with Crippen LogP contribution in [0.4, 0.5) is 5.69 Å². The third-order valence-electron chi connectivity index (χ3n) is 3.89. The van der Waals surface area contributed by atoms with Gasteiger partial charge in [-0.1, -0.05) is 12.1 Å². The highest BCUT2D eigenvalue weighted by Gasteiger charge is 2.49. The molecule has 0 saturated carbocycles. The molecule has 2 rings (SSSR count). The van der Waals surface area contributed by atoms with E-state index in [2.05, 4.69) is 4.74 Å². The zero-order valence-corrected chi connectivity index (χ0v) is 12.5. The molecule has 0 amide bonds. The third kappa shape index (κ3) is 3.15. The summed E-state index contributed by atoms with van der Waals surface area (Å²) in [5, 5.41) is 21.7. The fourth-order valence-electron chi connectivity index (χ4n) is 2.75. The first-order chi connectivity index (χ1) is 10.9. The number of nitrogens with zero attached hydrogens (tertiary/aromatic N) is 2. The smallest absolute Gasteiger partial charge is 0.325 e. The molecule has 23 heavy (non-hydrogen) atoms. The molecule has 1 aromatic rings. The van der Waals surface area contributed by atoms with Gasteiger partial charge in [0, 0.05) is 12.1 Å². The molecule has 1 aliphatic heterocycles. The van der Waals surface area contributed by atoms with Crippen molar-refractivity contribution in [2.45, 2.75) is 18.5 Å². The van der Waals surface area contributed by atoms with Crippen LogP contribution in [0.2, 0.25) is 0 Å². The number of methoxy groups -OCH3 is 2. The molecule has 1 N–H and O–H groups in total. The van der Waals surface area contributed by atoms with E-state index in [0.29, 0.717) is 5.56 Å². The summed E-state index contributed by atoms with van der Waals surface area (Å²) in [7, 11) is 2.39. The first-order valence-corrected chi connectivity index (χ1v) is 6.78. The van der Waals surface area contributed by atoms with Crippen molar-refractivity contribution in [3.63, 3.8) is 0 Å². The molecule has 0 spiro atoms. The second-order valence-electron chi connectivity index (χ2n) is 5.08. The van der Waals surface area contributed by atoms with Crippen molar-refractivity contribution in [2.75, 3.05) is 14.2 Å². The van der Waals surface area contributed by atoms with Crippen molar-refractivity contribution in [2.24, 2.45) is 5.92 Å². The van der Waals surface area contributed by atoms with Crippen LogP contribution < -0.4 is 0 Å². The Morgan fingerprint density at radius 1 is 1.22 bits per heavy atom. The number of hydroxylamine groups is 2. The van der Waals surface area contributed by atoms with Gasteiger partial charge in [0.05, 0.1) is 31.1 Å². The normalized spacial score (nSPS) is 24.2. The first-order valence-electron chi connectivity index (χ1n) is 6.78. The Morgan fingerprint density at radius 2 is 1.78 bits per heavy atom. The molecule has 1 fully saturated rings. The van der Waals surface area contributed by atoms with Gasteiger partial charge in [0.2, 0.25) is 0 Å². The number of ether oxygens (including phenoxy) is 2. The predicted molar refractivity (Wildman–Crippen MR) is 75.4 cm³/mol. The summed E-state index contributed by atoms with van der Waals surface area (Å²) in [5.41, 5.74) is 0.343. The van der Waals surface area contributed by atoms with Gasteiger partial charge in [-0.05, 0) is 12.0 Å². The maximum atomic E-state index is 12.0. The summed E-state index contributed by atoms with van der Waals surface area (Å²) in [6, 6.07) is 3.53. The molecule has 0 aromatic heterocycles. The van der Waals surface area contributed by atoms with Gasteiger partial charge < -0.3 is 14.7 Å². The summed E-state index contributed by atoms with van der Waals surface area (Å²) in [4.78, 5) is 33.8. The van der Waals surface area contributed by atoms with Crippen LogP contribution in [0.25, 0.3) is 0 Å². The lowest BCUT2D eigenvalue weighted by atomic mass is 9.93. The summed E-state index contributed by atoms with van der Waals surface area (Å²) in [5.74, 6) is -2.06. The molecule has 0 bridgehead atoms. The highest BCUT2D eigenvalue weighted by molar-refractivity contribution is 5.80. The highest BCUT2D eigenvalue weighted by Crippen LogP contribution is 2.41.